The average molecular weight is 268 g/mol. The first-order chi connectivity index (χ1) is 9.56. The van der Waals surface area contributed by atoms with Crippen molar-refractivity contribution >= 4 is 16.5 Å². The molecule has 0 saturated heterocycles. The maximum absolute atomic E-state index is 12.2. The molecule has 1 N–H and O–H groups in total. The summed E-state index contributed by atoms with van der Waals surface area (Å²) in [5.74, 6) is 0. The molecular weight excluding hydrogens is 256 g/mol. The van der Waals surface area contributed by atoms with Gasteiger partial charge in [0.15, 0.2) is 0 Å². The van der Waals surface area contributed by atoms with Crippen molar-refractivity contribution in [3.05, 3.63) is 73.7 Å². The van der Waals surface area contributed by atoms with Crippen molar-refractivity contribution in [3.63, 3.8) is 0 Å². The Balaban J connectivity index is 2.53. The van der Waals surface area contributed by atoms with Gasteiger partial charge in [-0.15, -0.1) is 0 Å². The van der Waals surface area contributed by atoms with E-state index in [2.05, 4.69) is 4.98 Å². The van der Waals surface area contributed by atoms with Crippen LogP contribution in [-0.4, -0.2) is 9.91 Å². The van der Waals surface area contributed by atoms with Crippen LogP contribution in [0, 0.1) is 17.0 Å². The Hall–Kier alpha value is -2.69. The summed E-state index contributed by atoms with van der Waals surface area (Å²) in [5, 5.41) is 12.5. The minimum absolute atomic E-state index is 0.0719. The molecule has 2 aromatic rings. The number of H-pyrrole nitrogens is 1. The maximum Gasteiger partial charge on any atom is 0.273 e. The molecule has 1 aliphatic rings. The Bertz CT molecular complexity index is 852. The summed E-state index contributed by atoms with van der Waals surface area (Å²) in [6.45, 7) is 1.71. The van der Waals surface area contributed by atoms with Crippen molar-refractivity contribution in [1.82, 2.24) is 4.98 Å². The first-order valence-corrected chi connectivity index (χ1v) is 6.23. The third-order valence-corrected chi connectivity index (χ3v) is 3.47. The molecule has 5 nitrogen and oxygen atoms in total. The van der Waals surface area contributed by atoms with E-state index in [0.717, 1.165) is 10.9 Å². The van der Waals surface area contributed by atoms with Gasteiger partial charge in [-0.3, -0.25) is 14.9 Å². The van der Waals surface area contributed by atoms with Crippen molar-refractivity contribution < 1.29 is 4.92 Å². The van der Waals surface area contributed by atoms with E-state index in [4.69, 9.17) is 0 Å². The van der Waals surface area contributed by atoms with Gasteiger partial charge >= 0.3 is 0 Å². The Morgan fingerprint density at radius 2 is 1.95 bits per heavy atom. The fourth-order valence-corrected chi connectivity index (χ4v) is 2.51. The molecule has 3 rings (SSSR count). The molecule has 1 aromatic carbocycles. The monoisotopic (exact) mass is 268 g/mol. The van der Waals surface area contributed by atoms with Crippen LogP contribution < -0.4 is 5.56 Å². The van der Waals surface area contributed by atoms with Crippen molar-refractivity contribution in [3.8, 4) is 0 Å². The van der Waals surface area contributed by atoms with Crippen LogP contribution in [0.1, 0.15) is 16.8 Å². The van der Waals surface area contributed by atoms with Crippen molar-refractivity contribution in [2.75, 3.05) is 0 Å². The first kappa shape index (κ1) is 12.3. The van der Waals surface area contributed by atoms with Crippen LogP contribution in [0.25, 0.3) is 10.8 Å². The van der Waals surface area contributed by atoms with Crippen LogP contribution >= 0.6 is 0 Å². The van der Waals surface area contributed by atoms with E-state index in [-0.39, 0.29) is 16.2 Å². The number of fused-ring (bicyclic) bond motifs is 1. The molecule has 0 fully saturated rings. The second-order valence-electron chi connectivity index (χ2n) is 4.84. The molecule has 0 unspecified atom stereocenters. The van der Waals surface area contributed by atoms with Crippen molar-refractivity contribution in [2.24, 2.45) is 0 Å². The largest absolute Gasteiger partial charge is 0.326 e. The highest BCUT2D eigenvalue weighted by atomic mass is 16.6. The highest BCUT2D eigenvalue weighted by Crippen LogP contribution is 2.30. The van der Waals surface area contributed by atoms with Gasteiger partial charge in [-0.25, -0.2) is 0 Å². The highest BCUT2D eigenvalue weighted by Gasteiger charge is 2.18. The van der Waals surface area contributed by atoms with Crippen molar-refractivity contribution in [1.29, 1.82) is 0 Å². The highest BCUT2D eigenvalue weighted by molar-refractivity contribution is 5.87. The zero-order chi connectivity index (χ0) is 14.3. The summed E-state index contributed by atoms with van der Waals surface area (Å²) in [7, 11) is 0. The fourth-order valence-electron chi connectivity index (χ4n) is 2.51. The molecule has 0 radical (unpaired) electrons. The third kappa shape index (κ3) is 1.93. The molecule has 0 aliphatic heterocycles. The van der Waals surface area contributed by atoms with Gasteiger partial charge < -0.3 is 4.98 Å². The van der Waals surface area contributed by atoms with E-state index in [1.807, 2.05) is 6.07 Å². The van der Waals surface area contributed by atoms with E-state index in [9.17, 15) is 14.9 Å². The first-order valence-electron chi connectivity index (χ1n) is 6.23. The maximum atomic E-state index is 12.2. The van der Waals surface area contributed by atoms with Gasteiger partial charge in [0.05, 0.1) is 4.92 Å². The standard InChI is InChI=1S/C15H12N2O3/c1-9-5-6-14(17(19)20)11-7-10-3-2-4-12(13(10)8-11)15(18)16-9/h2-6,8H,7H2,1H3,(H,16,18). The van der Waals surface area contributed by atoms with Crippen LogP contribution in [0.3, 0.4) is 0 Å². The molecule has 0 spiro atoms. The number of hydrogen-bond donors (Lipinski definition) is 1. The quantitative estimate of drug-likeness (QED) is 0.544. The Labute approximate surface area is 114 Å². The summed E-state index contributed by atoms with van der Waals surface area (Å²) in [4.78, 5) is 25.7. The van der Waals surface area contributed by atoms with E-state index in [1.165, 1.54) is 6.07 Å². The molecule has 1 aromatic heterocycles. The molecule has 5 heteroatoms. The number of hydrogen-bond acceptors (Lipinski definition) is 3. The normalized spacial score (nSPS) is 11.7. The molecule has 0 saturated carbocycles. The SMILES string of the molecule is Cc1ccc([N+](=O)[O-])c2cc3c(cccc3c(=O)[nH]1)C2. The predicted octanol–water partition coefficient (Wildman–Crippen LogP) is 2.77. The van der Waals surface area contributed by atoms with Gasteiger partial charge in [0.1, 0.15) is 0 Å². The summed E-state index contributed by atoms with van der Waals surface area (Å²) in [6.07, 6.45) is 0.482. The Morgan fingerprint density at radius 1 is 1.15 bits per heavy atom. The topological polar surface area (TPSA) is 76.0 Å². The van der Waals surface area contributed by atoms with E-state index >= 15 is 0 Å². The molecule has 1 heterocycles. The summed E-state index contributed by atoms with van der Waals surface area (Å²) < 4.78 is 0. The zero-order valence-electron chi connectivity index (χ0n) is 10.8. The lowest BCUT2D eigenvalue weighted by Gasteiger charge is -1.95. The van der Waals surface area contributed by atoms with Crippen LogP contribution in [0.15, 0.2) is 41.2 Å². The van der Waals surface area contributed by atoms with E-state index in [1.54, 1.807) is 31.2 Å². The number of aromatic amines is 1. The molecule has 20 heavy (non-hydrogen) atoms. The third-order valence-electron chi connectivity index (χ3n) is 3.47. The smallest absolute Gasteiger partial charge is 0.273 e. The summed E-state index contributed by atoms with van der Waals surface area (Å²) in [6, 6.07) is 10.2. The fraction of sp³-hybridized carbons (Fsp3) is 0.133. The lowest BCUT2D eigenvalue weighted by Crippen LogP contribution is -2.04. The average Bonchev–Trinajstić information content (AvgIpc) is 2.80. The number of aromatic nitrogens is 1. The number of nitrogens with zero attached hydrogens (tertiary/aromatic N) is 1. The molecule has 1 aliphatic carbocycles. The predicted molar refractivity (Wildman–Crippen MR) is 76.4 cm³/mol. The number of benzene rings is 1. The molecule has 100 valence electrons. The zero-order valence-corrected chi connectivity index (χ0v) is 10.8. The minimum Gasteiger partial charge on any atom is -0.326 e. The number of aryl methyl sites for hydroxylation is 1. The van der Waals surface area contributed by atoms with E-state index < -0.39 is 0 Å². The molecule has 2 bridgehead atoms. The van der Waals surface area contributed by atoms with Crippen LogP contribution in [-0.2, 0) is 6.42 Å². The van der Waals surface area contributed by atoms with Gasteiger partial charge in [0, 0.05) is 29.1 Å². The van der Waals surface area contributed by atoms with Crippen LogP contribution in [0.5, 0.6) is 0 Å². The van der Waals surface area contributed by atoms with Crippen LogP contribution in [0.4, 0.5) is 5.69 Å². The number of rotatable bonds is 1. The second kappa shape index (κ2) is 4.45. The van der Waals surface area contributed by atoms with Gasteiger partial charge in [-0.05, 0) is 36.1 Å². The molecule has 0 atom stereocenters. The number of nitrogens with one attached hydrogen (secondary N) is 1. The van der Waals surface area contributed by atoms with Gasteiger partial charge in [0.2, 0.25) is 0 Å². The molecular formula is C15H12N2O3. The number of nitro groups is 1. The Morgan fingerprint density at radius 3 is 2.70 bits per heavy atom. The summed E-state index contributed by atoms with van der Waals surface area (Å²) >= 11 is 0. The van der Waals surface area contributed by atoms with Gasteiger partial charge in [0.25, 0.3) is 11.2 Å². The van der Waals surface area contributed by atoms with E-state index in [0.29, 0.717) is 23.1 Å². The van der Waals surface area contributed by atoms with Crippen LogP contribution in [0.2, 0.25) is 0 Å². The second-order valence-corrected chi connectivity index (χ2v) is 4.84. The Kier molecular flexibility index (Phi) is 2.75. The minimum atomic E-state index is -0.384. The lowest BCUT2D eigenvalue weighted by atomic mass is 10.1. The lowest BCUT2D eigenvalue weighted by molar-refractivity contribution is -0.385. The summed E-state index contributed by atoms with van der Waals surface area (Å²) in [5.41, 5.74) is 2.04. The van der Waals surface area contributed by atoms with Gasteiger partial charge in [-0.1, -0.05) is 12.1 Å². The molecule has 0 amide bonds. The van der Waals surface area contributed by atoms with Gasteiger partial charge in [-0.2, -0.15) is 0 Å². The van der Waals surface area contributed by atoms with Crippen molar-refractivity contribution in [2.45, 2.75) is 13.3 Å².